The average molecular weight is 507 g/mol. The van der Waals surface area contributed by atoms with Gasteiger partial charge in [0, 0.05) is 43.3 Å². The first-order valence-corrected chi connectivity index (χ1v) is 13.6. The van der Waals surface area contributed by atoms with E-state index < -0.39 is 6.04 Å². The van der Waals surface area contributed by atoms with Crippen LogP contribution in [0.2, 0.25) is 0 Å². The van der Waals surface area contributed by atoms with Gasteiger partial charge in [-0.2, -0.15) is 0 Å². The van der Waals surface area contributed by atoms with Gasteiger partial charge in [0.1, 0.15) is 11.8 Å². The molecule has 7 heteroatoms. The largest absolute Gasteiger partial charge is 0.497 e. The van der Waals surface area contributed by atoms with Gasteiger partial charge in [-0.25, -0.2) is 0 Å². The summed E-state index contributed by atoms with van der Waals surface area (Å²) < 4.78 is 5.35. The molecule has 2 aromatic carbocycles. The van der Waals surface area contributed by atoms with Gasteiger partial charge in [0.05, 0.1) is 7.11 Å². The molecular formula is C30H42N4O3. The van der Waals surface area contributed by atoms with Crippen molar-refractivity contribution in [3.63, 3.8) is 0 Å². The summed E-state index contributed by atoms with van der Waals surface area (Å²) in [6, 6.07) is 17.5. The Labute approximate surface area is 221 Å². The molecule has 1 aliphatic heterocycles. The number of benzene rings is 2. The molecule has 2 amide bonds. The van der Waals surface area contributed by atoms with E-state index >= 15 is 0 Å². The molecule has 1 saturated heterocycles. The van der Waals surface area contributed by atoms with Crippen LogP contribution < -0.4 is 15.8 Å². The molecule has 4 rings (SSSR count). The standard InChI is InChI=1S/C30H42N4O3/c1-21(2)18-33(19-22-8-5-4-6-9-22)26-17-28(29(35)32-25-14-12-24(31)13-15-25)34(20-26)30(36)23-10-7-11-27(16-23)37-3/h4-11,16,21,24-26,28H,12-15,17-20,31H2,1-3H3,(H,32,35). The van der Waals surface area contributed by atoms with Gasteiger partial charge in [0.2, 0.25) is 5.91 Å². The van der Waals surface area contributed by atoms with Crippen molar-refractivity contribution < 1.29 is 14.3 Å². The molecule has 0 aromatic heterocycles. The first-order chi connectivity index (χ1) is 17.8. The van der Waals surface area contributed by atoms with Crippen LogP contribution in [-0.2, 0) is 11.3 Å². The van der Waals surface area contributed by atoms with Gasteiger partial charge in [-0.3, -0.25) is 14.5 Å². The Bertz CT molecular complexity index is 1040. The van der Waals surface area contributed by atoms with Crippen molar-refractivity contribution in [2.45, 2.75) is 76.7 Å². The summed E-state index contributed by atoms with van der Waals surface area (Å²) in [6.07, 6.45) is 4.24. The number of hydrogen-bond donors (Lipinski definition) is 2. The van der Waals surface area contributed by atoms with Crippen LogP contribution in [0.4, 0.5) is 0 Å². The van der Waals surface area contributed by atoms with Crippen molar-refractivity contribution in [1.82, 2.24) is 15.1 Å². The van der Waals surface area contributed by atoms with Crippen LogP contribution >= 0.6 is 0 Å². The molecule has 1 saturated carbocycles. The molecule has 37 heavy (non-hydrogen) atoms. The summed E-state index contributed by atoms with van der Waals surface area (Å²) >= 11 is 0. The van der Waals surface area contributed by atoms with Gasteiger partial charge in [-0.15, -0.1) is 0 Å². The highest BCUT2D eigenvalue weighted by atomic mass is 16.5. The zero-order chi connectivity index (χ0) is 26.4. The molecule has 2 fully saturated rings. The lowest BCUT2D eigenvalue weighted by atomic mass is 9.91. The van der Waals surface area contributed by atoms with Crippen LogP contribution in [0.15, 0.2) is 54.6 Å². The lowest BCUT2D eigenvalue weighted by Gasteiger charge is -2.30. The highest BCUT2D eigenvalue weighted by molar-refractivity contribution is 5.98. The molecule has 2 aromatic rings. The van der Waals surface area contributed by atoms with Gasteiger partial charge < -0.3 is 20.7 Å². The molecular weight excluding hydrogens is 464 g/mol. The Kier molecular flexibility index (Phi) is 9.22. The monoisotopic (exact) mass is 506 g/mol. The molecule has 7 nitrogen and oxygen atoms in total. The van der Waals surface area contributed by atoms with Crippen LogP contribution in [0, 0.1) is 5.92 Å². The van der Waals surface area contributed by atoms with Gasteiger partial charge in [-0.05, 0) is 61.8 Å². The Morgan fingerprint density at radius 2 is 1.81 bits per heavy atom. The Morgan fingerprint density at radius 1 is 1.08 bits per heavy atom. The Hall–Kier alpha value is -2.90. The van der Waals surface area contributed by atoms with E-state index in [1.54, 1.807) is 24.1 Å². The molecule has 1 aliphatic carbocycles. The third kappa shape index (κ3) is 7.11. The number of rotatable bonds is 9. The number of amides is 2. The van der Waals surface area contributed by atoms with Gasteiger partial charge in [0.15, 0.2) is 0 Å². The maximum atomic E-state index is 13.8. The minimum absolute atomic E-state index is 0.0524. The SMILES string of the molecule is COc1cccc(C(=O)N2CC(N(Cc3ccccc3)CC(C)C)CC2C(=O)NC2CCC(N)CC2)c1. The molecule has 0 radical (unpaired) electrons. The lowest BCUT2D eigenvalue weighted by molar-refractivity contribution is -0.125. The third-order valence-electron chi connectivity index (χ3n) is 7.62. The third-order valence-corrected chi connectivity index (χ3v) is 7.62. The van der Waals surface area contributed by atoms with Gasteiger partial charge in [-0.1, -0.05) is 50.2 Å². The number of ether oxygens (including phenoxy) is 1. The van der Waals surface area contributed by atoms with Gasteiger partial charge in [0.25, 0.3) is 5.91 Å². The second kappa shape index (κ2) is 12.6. The first kappa shape index (κ1) is 27.1. The molecule has 0 bridgehead atoms. The van der Waals surface area contributed by atoms with E-state index in [1.807, 2.05) is 18.2 Å². The molecule has 1 heterocycles. The number of carbonyl (C=O) groups is 2. The van der Waals surface area contributed by atoms with E-state index in [0.29, 0.717) is 30.2 Å². The second-order valence-corrected chi connectivity index (χ2v) is 11.0. The summed E-state index contributed by atoms with van der Waals surface area (Å²) in [7, 11) is 1.59. The van der Waals surface area contributed by atoms with Crippen molar-refractivity contribution in [1.29, 1.82) is 0 Å². The van der Waals surface area contributed by atoms with Crippen molar-refractivity contribution in [2.75, 3.05) is 20.2 Å². The number of carbonyl (C=O) groups excluding carboxylic acids is 2. The zero-order valence-electron chi connectivity index (χ0n) is 22.4. The minimum atomic E-state index is -0.510. The second-order valence-electron chi connectivity index (χ2n) is 11.0. The van der Waals surface area contributed by atoms with Crippen molar-refractivity contribution in [3.05, 3.63) is 65.7 Å². The fraction of sp³-hybridized carbons (Fsp3) is 0.533. The average Bonchev–Trinajstić information content (AvgIpc) is 3.35. The predicted molar refractivity (Wildman–Crippen MR) is 146 cm³/mol. The normalized spacial score (nSPS) is 23.9. The zero-order valence-corrected chi connectivity index (χ0v) is 22.4. The maximum absolute atomic E-state index is 13.8. The number of nitrogens with zero attached hydrogens (tertiary/aromatic N) is 2. The van der Waals surface area contributed by atoms with Crippen molar-refractivity contribution in [2.24, 2.45) is 11.7 Å². The van der Waals surface area contributed by atoms with E-state index in [9.17, 15) is 9.59 Å². The van der Waals surface area contributed by atoms with Crippen LogP contribution in [0.1, 0.15) is 61.9 Å². The maximum Gasteiger partial charge on any atom is 0.254 e. The van der Waals surface area contributed by atoms with Crippen LogP contribution in [0.5, 0.6) is 5.75 Å². The molecule has 0 spiro atoms. The van der Waals surface area contributed by atoms with Gasteiger partial charge >= 0.3 is 0 Å². The summed E-state index contributed by atoms with van der Waals surface area (Å²) in [5.74, 6) is 0.914. The quantitative estimate of drug-likeness (QED) is 0.540. The summed E-state index contributed by atoms with van der Waals surface area (Å²) in [6.45, 7) is 6.63. The first-order valence-electron chi connectivity index (χ1n) is 13.6. The molecule has 2 unspecified atom stereocenters. The van der Waals surface area contributed by atoms with E-state index in [2.05, 4.69) is 48.3 Å². The van der Waals surface area contributed by atoms with E-state index in [0.717, 1.165) is 38.8 Å². The highest BCUT2D eigenvalue weighted by Crippen LogP contribution is 2.28. The summed E-state index contributed by atoms with van der Waals surface area (Å²) in [5, 5.41) is 3.26. The fourth-order valence-corrected chi connectivity index (χ4v) is 5.66. The van der Waals surface area contributed by atoms with E-state index in [4.69, 9.17) is 10.5 Å². The van der Waals surface area contributed by atoms with Crippen LogP contribution in [0.3, 0.4) is 0 Å². The molecule has 2 atom stereocenters. The summed E-state index contributed by atoms with van der Waals surface area (Å²) in [4.78, 5) is 31.6. The number of methoxy groups -OCH3 is 1. The predicted octanol–water partition coefficient (Wildman–Crippen LogP) is 3.82. The topological polar surface area (TPSA) is 87.9 Å². The lowest BCUT2D eigenvalue weighted by Crippen LogP contribution is -2.50. The van der Waals surface area contributed by atoms with Crippen molar-refractivity contribution >= 4 is 11.8 Å². The number of likely N-dealkylation sites (tertiary alicyclic amines) is 1. The fourth-order valence-electron chi connectivity index (χ4n) is 5.66. The van der Waals surface area contributed by atoms with Crippen molar-refractivity contribution in [3.8, 4) is 5.75 Å². The number of nitrogens with two attached hydrogens (primary N) is 1. The van der Waals surface area contributed by atoms with Crippen LogP contribution in [-0.4, -0.2) is 66.0 Å². The minimum Gasteiger partial charge on any atom is -0.497 e. The van der Waals surface area contributed by atoms with E-state index in [1.165, 1.54) is 5.56 Å². The molecule has 2 aliphatic rings. The number of nitrogens with one attached hydrogen (secondary N) is 1. The van der Waals surface area contributed by atoms with Crippen LogP contribution in [0.25, 0.3) is 0 Å². The Balaban J connectivity index is 1.57. The number of hydrogen-bond acceptors (Lipinski definition) is 5. The smallest absolute Gasteiger partial charge is 0.254 e. The molecule has 3 N–H and O–H groups in total. The molecule has 200 valence electrons. The highest BCUT2D eigenvalue weighted by Gasteiger charge is 2.42. The Morgan fingerprint density at radius 3 is 2.49 bits per heavy atom. The van der Waals surface area contributed by atoms with E-state index in [-0.39, 0.29) is 29.9 Å². The summed E-state index contributed by atoms with van der Waals surface area (Å²) in [5.41, 5.74) is 7.85.